The molecule has 1 aromatic rings. The van der Waals surface area contributed by atoms with Gasteiger partial charge >= 0.3 is 0 Å². The maximum atomic E-state index is 8.88. The maximum Gasteiger partial charge on any atom is 0.101 e. The second-order valence-electron chi connectivity index (χ2n) is 5.99. The molecule has 3 nitrogen and oxygen atoms in total. The van der Waals surface area contributed by atoms with Crippen LogP contribution in [0.15, 0.2) is 18.2 Å². The summed E-state index contributed by atoms with van der Waals surface area (Å²) >= 11 is 6.07. The van der Waals surface area contributed by atoms with E-state index in [1.54, 1.807) is 6.07 Å². The van der Waals surface area contributed by atoms with E-state index in [0.29, 0.717) is 28.6 Å². The van der Waals surface area contributed by atoms with Gasteiger partial charge in [-0.15, -0.1) is 0 Å². The molecule has 3 atom stereocenters. The predicted octanol–water partition coefficient (Wildman–Crippen LogP) is 3.44. The lowest BCUT2D eigenvalue weighted by Crippen LogP contribution is -2.63. The lowest BCUT2D eigenvalue weighted by molar-refractivity contribution is -0.0923. The van der Waals surface area contributed by atoms with Crippen molar-refractivity contribution >= 4 is 17.3 Å². The molecule has 100 valence electrons. The van der Waals surface area contributed by atoms with Crippen molar-refractivity contribution in [3.05, 3.63) is 28.8 Å². The number of halogens is 1. The molecule has 3 unspecified atom stereocenters. The van der Waals surface area contributed by atoms with Crippen LogP contribution in [0.4, 0.5) is 5.69 Å². The number of nitriles is 1. The van der Waals surface area contributed by atoms with Crippen molar-refractivity contribution in [2.24, 2.45) is 11.3 Å². The molecule has 2 aliphatic rings. The molecular formula is C15H17ClN2O. The molecule has 4 heteroatoms. The van der Waals surface area contributed by atoms with Crippen molar-refractivity contribution in [2.75, 3.05) is 11.9 Å². The van der Waals surface area contributed by atoms with Crippen molar-refractivity contribution in [2.45, 2.75) is 32.4 Å². The minimum atomic E-state index is 0.140. The summed E-state index contributed by atoms with van der Waals surface area (Å²) in [5, 5.41) is 12.9. The SMILES string of the molecule is CC1(C)C(Nc2ccc(C#N)c(Cl)c2)C2CCOC21. The van der Waals surface area contributed by atoms with Gasteiger partial charge in [0.2, 0.25) is 0 Å². The van der Waals surface area contributed by atoms with Crippen LogP contribution in [0.3, 0.4) is 0 Å². The molecule has 1 aliphatic carbocycles. The Morgan fingerprint density at radius 3 is 2.95 bits per heavy atom. The van der Waals surface area contributed by atoms with Crippen molar-refractivity contribution in [1.82, 2.24) is 0 Å². The van der Waals surface area contributed by atoms with Gasteiger partial charge in [-0.1, -0.05) is 25.4 Å². The van der Waals surface area contributed by atoms with Crippen LogP contribution < -0.4 is 5.32 Å². The molecule has 0 amide bonds. The Hall–Kier alpha value is -1.24. The molecule has 1 aromatic carbocycles. The quantitative estimate of drug-likeness (QED) is 0.900. The molecule has 1 N–H and O–H groups in total. The molecule has 0 aromatic heterocycles. The van der Waals surface area contributed by atoms with Crippen LogP contribution in [0, 0.1) is 22.7 Å². The normalized spacial score (nSPS) is 31.2. The van der Waals surface area contributed by atoms with Gasteiger partial charge in [0, 0.05) is 29.7 Å². The summed E-state index contributed by atoms with van der Waals surface area (Å²) in [5.41, 5.74) is 1.64. The number of ether oxygens (including phenoxy) is 1. The summed E-state index contributed by atoms with van der Waals surface area (Å²) in [4.78, 5) is 0. The average Bonchev–Trinajstić information content (AvgIpc) is 2.83. The third-order valence-electron chi connectivity index (χ3n) is 4.51. The number of rotatable bonds is 2. The summed E-state index contributed by atoms with van der Waals surface area (Å²) < 4.78 is 5.79. The molecule has 2 fully saturated rings. The van der Waals surface area contributed by atoms with E-state index in [2.05, 4.69) is 25.2 Å². The molecule has 1 aliphatic heterocycles. The van der Waals surface area contributed by atoms with Gasteiger partial charge in [-0.2, -0.15) is 5.26 Å². The predicted molar refractivity (Wildman–Crippen MR) is 75.2 cm³/mol. The van der Waals surface area contributed by atoms with Crippen LogP contribution in [-0.2, 0) is 4.74 Å². The first-order chi connectivity index (χ1) is 9.04. The Labute approximate surface area is 118 Å². The largest absolute Gasteiger partial charge is 0.381 e. The first-order valence-corrected chi connectivity index (χ1v) is 6.99. The molecule has 1 heterocycles. The Bertz CT molecular complexity index is 550. The zero-order chi connectivity index (χ0) is 13.6. The van der Waals surface area contributed by atoms with Crippen molar-refractivity contribution in [3.63, 3.8) is 0 Å². The molecule has 0 radical (unpaired) electrons. The van der Waals surface area contributed by atoms with E-state index in [4.69, 9.17) is 21.6 Å². The van der Waals surface area contributed by atoms with Crippen LogP contribution in [0.25, 0.3) is 0 Å². The first kappa shape index (κ1) is 12.8. The molecule has 0 spiro atoms. The zero-order valence-electron chi connectivity index (χ0n) is 11.1. The van der Waals surface area contributed by atoms with Gasteiger partial charge in [-0.25, -0.2) is 0 Å². The number of benzene rings is 1. The summed E-state index contributed by atoms with van der Waals surface area (Å²) in [7, 11) is 0. The van der Waals surface area contributed by atoms with Gasteiger partial charge in [0.05, 0.1) is 16.7 Å². The van der Waals surface area contributed by atoms with Crippen LogP contribution in [-0.4, -0.2) is 18.8 Å². The van der Waals surface area contributed by atoms with Crippen molar-refractivity contribution in [1.29, 1.82) is 5.26 Å². The Morgan fingerprint density at radius 1 is 1.47 bits per heavy atom. The first-order valence-electron chi connectivity index (χ1n) is 6.62. The molecule has 19 heavy (non-hydrogen) atoms. The van der Waals surface area contributed by atoms with Gasteiger partial charge in [-0.05, 0) is 24.6 Å². The van der Waals surface area contributed by atoms with E-state index in [0.717, 1.165) is 18.7 Å². The Kier molecular flexibility index (Phi) is 2.96. The van der Waals surface area contributed by atoms with Gasteiger partial charge in [0.15, 0.2) is 0 Å². The third kappa shape index (κ3) is 1.91. The number of nitrogens with zero attached hydrogens (tertiary/aromatic N) is 1. The fourth-order valence-electron chi connectivity index (χ4n) is 3.49. The molecular weight excluding hydrogens is 260 g/mol. The fourth-order valence-corrected chi connectivity index (χ4v) is 3.72. The minimum absolute atomic E-state index is 0.140. The van der Waals surface area contributed by atoms with Gasteiger partial charge in [0.25, 0.3) is 0 Å². The average molecular weight is 277 g/mol. The Balaban J connectivity index is 1.79. The summed E-state index contributed by atoms with van der Waals surface area (Å²) in [6.45, 7) is 5.34. The number of fused-ring (bicyclic) bond motifs is 1. The number of nitrogens with one attached hydrogen (secondary N) is 1. The van der Waals surface area contributed by atoms with Crippen LogP contribution in [0.5, 0.6) is 0 Å². The zero-order valence-corrected chi connectivity index (χ0v) is 11.9. The highest BCUT2D eigenvalue weighted by Gasteiger charge is 2.59. The summed E-state index contributed by atoms with van der Waals surface area (Å²) in [5.74, 6) is 0.587. The molecule has 0 bridgehead atoms. The van der Waals surface area contributed by atoms with E-state index in [9.17, 15) is 0 Å². The van der Waals surface area contributed by atoms with Gasteiger partial charge in [-0.3, -0.25) is 0 Å². The standard InChI is InChI=1S/C15H17ClN2O/c1-15(2)13(11-5-6-19-14(11)15)18-10-4-3-9(8-17)12(16)7-10/h3-4,7,11,13-14,18H,5-6H2,1-2H3. The summed E-state index contributed by atoms with van der Waals surface area (Å²) in [6, 6.07) is 8.00. The van der Waals surface area contributed by atoms with Crippen LogP contribution in [0.1, 0.15) is 25.8 Å². The number of anilines is 1. The molecule has 1 saturated heterocycles. The second-order valence-corrected chi connectivity index (χ2v) is 6.40. The smallest absolute Gasteiger partial charge is 0.101 e. The highest BCUT2D eigenvalue weighted by atomic mass is 35.5. The highest BCUT2D eigenvalue weighted by Crippen LogP contribution is 2.53. The number of hydrogen-bond donors (Lipinski definition) is 1. The van der Waals surface area contributed by atoms with E-state index >= 15 is 0 Å². The minimum Gasteiger partial charge on any atom is -0.381 e. The van der Waals surface area contributed by atoms with Crippen molar-refractivity contribution in [3.8, 4) is 6.07 Å². The monoisotopic (exact) mass is 276 g/mol. The van der Waals surface area contributed by atoms with Crippen LogP contribution >= 0.6 is 11.6 Å². The van der Waals surface area contributed by atoms with E-state index in [-0.39, 0.29) is 5.41 Å². The Morgan fingerprint density at radius 2 is 2.26 bits per heavy atom. The lowest BCUT2D eigenvalue weighted by Gasteiger charge is -2.55. The van der Waals surface area contributed by atoms with Crippen molar-refractivity contribution < 1.29 is 4.74 Å². The molecule has 1 saturated carbocycles. The third-order valence-corrected chi connectivity index (χ3v) is 4.82. The molecule has 3 rings (SSSR count). The van der Waals surface area contributed by atoms with E-state index in [1.165, 1.54) is 0 Å². The highest BCUT2D eigenvalue weighted by molar-refractivity contribution is 6.32. The number of hydrogen-bond acceptors (Lipinski definition) is 3. The van der Waals surface area contributed by atoms with E-state index in [1.807, 2.05) is 12.1 Å². The van der Waals surface area contributed by atoms with Gasteiger partial charge < -0.3 is 10.1 Å². The maximum absolute atomic E-state index is 8.88. The topological polar surface area (TPSA) is 45.0 Å². The van der Waals surface area contributed by atoms with E-state index < -0.39 is 0 Å². The second kappa shape index (κ2) is 4.40. The lowest BCUT2D eigenvalue weighted by atomic mass is 9.57. The van der Waals surface area contributed by atoms with Crippen LogP contribution in [0.2, 0.25) is 5.02 Å². The van der Waals surface area contributed by atoms with Gasteiger partial charge in [0.1, 0.15) is 6.07 Å². The summed E-state index contributed by atoms with van der Waals surface area (Å²) in [6.07, 6.45) is 1.49. The fraction of sp³-hybridized carbons (Fsp3) is 0.533.